The highest BCUT2D eigenvalue weighted by Gasteiger charge is 2.22. The standard InChI is InChI=1S/C20H17ClN4O/c21-16-6-3-7-17(10-16)24-19-11-18(22-13-23-19)20(26)25-9-8-14-4-1-2-5-15(14)12-25/h1-7,10-11,13H,8-9,12H2,(H,22,23,24). The predicted octanol–water partition coefficient (Wildman–Crippen LogP) is 4.07. The Bertz CT molecular complexity index is 960. The van der Waals surface area contributed by atoms with E-state index in [4.69, 9.17) is 11.6 Å². The van der Waals surface area contributed by atoms with Gasteiger partial charge in [-0.05, 0) is 35.7 Å². The van der Waals surface area contributed by atoms with E-state index in [9.17, 15) is 4.79 Å². The second-order valence-corrected chi connectivity index (χ2v) is 6.61. The summed E-state index contributed by atoms with van der Waals surface area (Å²) < 4.78 is 0. The first-order chi connectivity index (χ1) is 12.7. The van der Waals surface area contributed by atoms with Crippen molar-refractivity contribution in [3.8, 4) is 0 Å². The Morgan fingerprint density at radius 2 is 1.88 bits per heavy atom. The zero-order chi connectivity index (χ0) is 17.9. The van der Waals surface area contributed by atoms with Gasteiger partial charge in [0.1, 0.15) is 17.8 Å². The summed E-state index contributed by atoms with van der Waals surface area (Å²) in [5.74, 6) is 0.471. The molecule has 26 heavy (non-hydrogen) atoms. The third kappa shape index (κ3) is 3.53. The lowest BCUT2D eigenvalue weighted by atomic mass is 10.00. The van der Waals surface area contributed by atoms with Gasteiger partial charge in [0.05, 0.1) is 0 Å². The van der Waals surface area contributed by atoms with Crippen molar-refractivity contribution >= 4 is 29.0 Å². The van der Waals surface area contributed by atoms with Crippen molar-refractivity contribution in [2.45, 2.75) is 13.0 Å². The van der Waals surface area contributed by atoms with E-state index in [-0.39, 0.29) is 5.91 Å². The van der Waals surface area contributed by atoms with Crippen LogP contribution in [-0.2, 0) is 13.0 Å². The van der Waals surface area contributed by atoms with Gasteiger partial charge in [0.2, 0.25) is 0 Å². The first-order valence-corrected chi connectivity index (χ1v) is 8.77. The van der Waals surface area contributed by atoms with E-state index < -0.39 is 0 Å². The number of nitrogens with zero attached hydrogens (tertiary/aromatic N) is 3. The molecule has 1 N–H and O–H groups in total. The monoisotopic (exact) mass is 364 g/mol. The third-order valence-corrected chi connectivity index (χ3v) is 4.64. The fourth-order valence-corrected chi connectivity index (χ4v) is 3.28. The second kappa shape index (κ2) is 7.14. The van der Waals surface area contributed by atoms with Crippen molar-refractivity contribution < 1.29 is 4.79 Å². The van der Waals surface area contributed by atoms with Crippen LogP contribution in [0.5, 0.6) is 0 Å². The number of carbonyl (C=O) groups is 1. The number of halogens is 1. The number of rotatable bonds is 3. The first kappa shape index (κ1) is 16.5. The van der Waals surface area contributed by atoms with Crippen LogP contribution in [0.15, 0.2) is 60.9 Å². The van der Waals surface area contributed by atoms with Gasteiger partial charge in [-0.2, -0.15) is 0 Å². The largest absolute Gasteiger partial charge is 0.340 e. The van der Waals surface area contributed by atoms with Gasteiger partial charge in [-0.1, -0.05) is 41.9 Å². The molecule has 0 saturated heterocycles. The molecule has 6 heteroatoms. The molecule has 130 valence electrons. The van der Waals surface area contributed by atoms with Crippen molar-refractivity contribution in [3.63, 3.8) is 0 Å². The average Bonchev–Trinajstić information content (AvgIpc) is 2.67. The average molecular weight is 365 g/mol. The lowest BCUT2D eigenvalue weighted by Gasteiger charge is -2.28. The van der Waals surface area contributed by atoms with E-state index >= 15 is 0 Å². The summed E-state index contributed by atoms with van der Waals surface area (Å²) in [6, 6.07) is 17.2. The van der Waals surface area contributed by atoms with Crippen LogP contribution in [0.3, 0.4) is 0 Å². The van der Waals surface area contributed by atoms with Crippen LogP contribution < -0.4 is 5.32 Å². The van der Waals surface area contributed by atoms with E-state index in [0.29, 0.717) is 29.6 Å². The van der Waals surface area contributed by atoms with Gasteiger partial charge in [-0.25, -0.2) is 9.97 Å². The molecular weight excluding hydrogens is 348 g/mol. The summed E-state index contributed by atoms with van der Waals surface area (Å²) in [4.78, 5) is 23.0. The van der Waals surface area contributed by atoms with Crippen LogP contribution in [0.1, 0.15) is 21.6 Å². The maximum atomic E-state index is 12.9. The lowest BCUT2D eigenvalue weighted by molar-refractivity contribution is 0.0728. The molecule has 5 nitrogen and oxygen atoms in total. The smallest absolute Gasteiger partial charge is 0.272 e. The Hall–Kier alpha value is -2.92. The minimum Gasteiger partial charge on any atom is -0.340 e. The highest BCUT2D eigenvalue weighted by Crippen LogP contribution is 2.22. The SMILES string of the molecule is O=C(c1cc(Nc2cccc(Cl)c2)ncn1)N1CCc2ccccc2C1. The molecule has 0 saturated carbocycles. The summed E-state index contributed by atoms with van der Waals surface area (Å²) >= 11 is 6.00. The predicted molar refractivity (Wildman–Crippen MR) is 102 cm³/mol. The minimum atomic E-state index is -0.0870. The van der Waals surface area contributed by atoms with E-state index in [1.165, 1.54) is 17.5 Å². The maximum Gasteiger partial charge on any atom is 0.272 e. The van der Waals surface area contributed by atoms with E-state index in [0.717, 1.165) is 12.1 Å². The van der Waals surface area contributed by atoms with Gasteiger partial charge in [0.15, 0.2) is 0 Å². The van der Waals surface area contributed by atoms with Crippen molar-refractivity contribution in [1.29, 1.82) is 0 Å². The molecule has 3 aromatic rings. The zero-order valence-electron chi connectivity index (χ0n) is 14.0. The Labute approximate surface area is 156 Å². The second-order valence-electron chi connectivity index (χ2n) is 6.17. The van der Waals surface area contributed by atoms with Gasteiger partial charge < -0.3 is 10.2 Å². The Balaban J connectivity index is 1.52. The molecule has 0 unspecified atom stereocenters. The van der Waals surface area contributed by atoms with Gasteiger partial charge >= 0.3 is 0 Å². The highest BCUT2D eigenvalue weighted by molar-refractivity contribution is 6.30. The summed E-state index contributed by atoms with van der Waals surface area (Å²) in [6.07, 6.45) is 2.26. The molecule has 2 aromatic carbocycles. The van der Waals surface area contributed by atoms with Gasteiger partial charge in [0.25, 0.3) is 5.91 Å². The number of benzene rings is 2. The topological polar surface area (TPSA) is 58.1 Å². The fraction of sp³-hybridized carbons (Fsp3) is 0.150. The van der Waals surface area contributed by atoms with E-state index in [1.54, 1.807) is 18.2 Å². The van der Waals surface area contributed by atoms with Crippen molar-refractivity contribution in [3.05, 3.63) is 82.8 Å². The van der Waals surface area contributed by atoms with Gasteiger partial charge in [-0.15, -0.1) is 0 Å². The molecule has 1 amide bonds. The van der Waals surface area contributed by atoms with Crippen LogP contribution in [0.2, 0.25) is 5.02 Å². The number of carbonyl (C=O) groups excluding carboxylic acids is 1. The molecule has 0 aliphatic carbocycles. The fourth-order valence-electron chi connectivity index (χ4n) is 3.09. The molecule has 4 rings (SSSR count). The summed E-state index contributed by atoms with van der Waals surface area (Å²) in [5.41, 5.74) is 3.69. The summed E-state index contributed by atoms with van der Waals surface area (Å²) in [7, 11) is 0. The van der Waals surface area contributed by atoms with E-state index in [2.05, 4.69) is 27.4 Å². The Kier molecular flexibility index (Phi) is 4.54. The van der Waals surface area contributed by atoms with Crippen molar-refractivity contribution in [2.75, 3.05) is 11.9 Å². The number of hydrogen-bond donors (Lipinski definition) is 1. The Morgan fingerprint density at radius 3 is 2.73 bits per heavy atom. The van der Waals surface area contributed by atoms with Crippen molar-refractivity contribution in [1.82, 2.24) is 14.9 Å². The number of aromatic nitrogens is 2. The number of fused-ring (bicyclic) bond motifs is 1. The molecule has 2 heterocycles. The van der Waals surface area contributed by atoms with Crippen LogP contribution in [0, 0.1) is 0 Å². The number of nitrogens with one attached hydrogen (secondary N) is 1. The Morgan fingerprint density at radius 1 is 1.04 bits per heavy atom. The normalized spacial score (nSPS) is 13.2. The van der Waals surface area contributed by atoms with Crippen LogP contribution >= 0.6 is 11.6 Å². The van der Waals surface area contributed by atoms with Gasteiger partial charge in [0, 0.05) is 29.9 Å². The van der Waals surface area contributed by atoms with Gasteiger partial charge in [-0.3, -0.25) is 4.79 Å². The molecule has 0 spiro atoms. The van der Waals surface area contributed by atoms with Crippen LogP contribution in [-0.4, -0.2) is 27.3 Å². The molecule has 0 bridgehead atoms. The molecular formula is C20H17ClN4O. The third-order valence-electron chi connectivity index (χ3n) is 4.40. The highest BCUT2D eigenvalue weighted by atomic mass is 35.5. The summed E-state index contributed by atoms with van der Waals surface area (Å²) in [5, 5.41) is 3.78. The minimum absolute atomic E-state index is 0.0870. The quantitative estimate of drug-likeness (QED) is 0.761. The summed E-state index contributed by atoms with van der Waals surface area (Å²) in [6.45, 7) is 1.30. The van der Waals surface area contributed by atoms with Crippen molar-refractivity contribution in [2.24, 2.45) is 0 Å². The molecule has 0 radical (unpaired) electrons. The molecule has 1 aliphatic rings. The molecule has 1 aliphatic heterocycles. The molecule has 1 aromatic heterocycles. The number of hydrogen-bond acceptors (Lipinski definition) is 4. The van der Waals surface area contributed by atoms with Crippen LogP contribution in [0.4, 0.5) is 11.5 Å². The van der Waals surface area contributed by atoms with Crippen LogP contribution in [0.25, 0.3) is 0 Å². The zero-order valence-corrected chi connectivity index (χ0v) is 14.8. The molecule has 0 fully saturated rings. The first-order valence-electron chi connectivity index (χ1n) is 8.40. The van der Waals surface area contributed by atoms with E-state index in [1.807, 2.05) is 29.2 Å². The maximum absolute atomic E-state index is 12.9. The molecule has 0 atom stereocenters. The number of amides is 1. The number of anilines is 2. The lowest BCUT2D eigenvalue weighted by Crippen LogP contribution is -2.36.